The standard InChI is InChI=1S/C12H12F2N4OS/c1-3-19-11-16-10(15-2)17-12(18-11)20-7-4-5-8(13)9(14)6-7/h4-6H,3H2,1-2H3,(H,15,16,17,18). The molecule has 0 aliphatic rings. The number of ether oxygens (including phenoxy) is 1. The molecule has 1 aromatic heterocycles. The Kier molecular flexibility index (Phi) is 4.67. The molecule has 0 radical (unpaired) electrons. The molecule has 0 aliphatic carbocycles. The monoisotopic (exact) mass is 298 g/mol. The van der Waals surface area contributed by atoms with Crippen molar-refractivity contribution >= 4 is 17.7 Å². The number of hydrogen-bond acceptors (Lipinski definition) is 6. The van der Waals surface area contributed by atoms with E-state index in [1.54, 1.807) is 7.05 Å². The molecule has 0 atom stereocenters. The maximum Gasteiger partial charge on any atom is 0.322 e. The zero-order valence-electron chi connectivity index (χ0n) is 10.9. The second-order valence-corrected chi connectivity index (χ2v) is 4.63. The van der Waals surface area contributed by atoms with E-state index >= 15 is 0 Å². The van der Waals surface area contributed by atoms with Crippen LogP contribution < -0.4 is 10.1 Å². The van der Waals surface area contributed by atoms with Crippen LogP contribution in [0.5, 0.6) is 6.01 Å². The topological polar surface area (TPSA) is 59.9 Å². The highest BCUT2D eigenvalue weighted by atomic mass is 32.2. The van der Waals surface area contributed by atoms with Crippen LogP contribution in [-0.2, 0) is 0 Å². The third-order valence-electron chi connectivity index (χ3n) is 2.19. The van der Waals surface area contributed by atoms with Crippen molar-refractivity contribution in [1.82, 2.24) is 15.0 Å². The lowest BCUT2D eigenvalue weighted by Gasteiger charge is -2.06. The first-order chi connectivity index (χ1) is 9.62. The van der Waals surface area contributed by atoms with Crippen LogP contribution in [0.2, 0.25) is 0 Å². The average Bonchev–Trinajstić information content (AvgIpc) is 2.43. The van der Waals surface area contributed by atoms with Crippen molar-refractivity contribution < 1.29 is 13.5 Å². The molecule has 2 aromatic rings. The first kappa shape index (κ1) is 14.4. The van der Waals surface area contributed by atoms with Gasteiger partial charge < -0.3 is 10.1 Å². The summed E-state index contributed by atoms with van der Waals surface area (Å²) in [6, 6.07) is 3.77. The molecule has 0 aliphatic heterocycles. The molecule has 1 N–H and O–H groups in total. The molecule has 0 spiro atoms. The van der Waals surface area contributed by atoms with Crippen molar-refractivity contribution in [2.75, 3.05) is 19.0 Å². The molecular weight excluding hydrogens is 286 g/mol. The van der Waals surface area contributed by atoms with Crippen molar-refractivity contribution in [1.29, 1.82) is 0 Å². The Labute approximate surface area is 118 Å². The normalized spacial score (nSPS) is 10.4. The molecule has 0 saturated carbocycles. The number of nitrogens with zero attached hydrogens (tertiary/aromatic N) is 3. The molecule has 106 valence electrons. The van der Waals surface area contributed by atoms with E-state index < -0.39 is 11.6 Å². The van der Waals surface area contributed by atoms with Gasteiger partial charge in [-0.3, -0.25) is 0 Å². The third kappa shape index (κ3) is 3.53. The number of anilines is 1. The van der Waals surface area contributed by atoms with Gasteiger partial charge in [-0.2, -0.15) is 15.0 Å². The van der Waals surface area contributed by atoms with E-state index in [-0.39, 0.29) is 6.01 Å². The fraction of sp³-hybridized carbons (Fsp3) is 0.250. The van der Waals surface area contributed by atoms with Gasteiger partial charge in [0.05, 0.1) is 6.61 Å². The first-order valence-corrected chi connectivity index (χ1v) is 6.63. The number of rotatable bonds is 5. The predicted molar refractivity (Wildman–Crippen MR) is 71.0 cm³/mol. The van der Waals surface area contributed by atoms with Crippen LogP contribution in [-0.4, -0.2) is 28.6 Å². The Hall–Kier alpha value is -1.96. The molecule has 0 unspecified atom stereocenters. The van der Waals surface area contributed by atoms with Gasteiger partial charge >= 0.3 is 6.01 Å². The van der Waals surface area contributed by atoms with E-state index in [0.29, 0.717) is 22.6 Å². The Morgan fingerprint density at radius 2 is 2.00 bits per heavy atom. The Morgan fingerprint density at radius 1 is 1.20 bits per heavy atom. The Bertz CT molecular complexity index is 612. The zero-order chi connectivity index (χ0) is 14.5. The predicted octanol–water partition coefficient (Wildman–Crippen LogP) is 2.74. The first-order valence-electron chi connectivity index (χ1n) is 5.82. The summed E-state index contributed by atoms with van der Waals surface area (Å²) in [6.45, 7) is 2.23. The van der Waals surface area contributed by atoms with Gasteiger partial charge in [0.1, 0.15) is 0 Å². The fourth-order valence-electron chi connectivity index (χ4n) is 1.33. The van der Waals surface area contributed by atoms with Crippen molar-refractivity contribution in [3.63, 3.8) is 0 Å². The van der Waals surface area contributed by atoms with E-state index in [2.05, 4.69) is 20.3 Å². The molecule has 5 nitrogen and oxygen atoms in total. The van der Waals surface area contributed by atoms with Crippen LogP contribution in [0.15, 0.2) is 28.3 Å². The van der Waals surface area contributed by atoms with Crippen molar-refractivity contribution in [2.45, 2.75) is 17.0 Å². The number of hydrogen-bond donors (Lipinski definition) is 1. The minimum atomic E-state index is -0.914. The van der Waals surface area contributed by atoms with Gasteiger partial charge in [-0.25, -0.2) is 8.78 Å². The highest BCUT2D eigenvalue weighted by Crippen LogP contribution is 2.27. The maximum atomic E-state index is 13.1. The summed E-state index contributed by atoms with van der Waals surface area (Å²) in [5, 5.41) is 3.12. The molecule has 0 bridgehead atoms. The zero-order valence-corrected chi connectivity index (χ0v) is 11.7. The highest BCUT2D eigenvalue weighted by molar-refractivity contribution is 7.99. The van der Waals surface area contributed by atoms with E-state index in [1.807, 2.05) is 6.92 Å². The van der Waals surface area contributed by atoms with Gasteiger partial charge in [0.25, 0.3) is 0 Å². The molecule has 0 saturated heterocycles. The highest BCUT2D eigenvalue weighted by Gasteiger charge is 2.10. The molecule has 8 heteroatoms. The summed E-state index contributed by atoms with van der Waals surface area (Å²) in [6.07, 6.45) is 0. The summed E-state index contributed by atoms with van der Waals surface area (Å²) in [4.78, 5) is 12.7. The maximum absolute atomic E-state index is 13.1. The molecule has 20 heavy (non-hydrogen) atoms. The second-order valence-electron chi connectivity index (χ2n) is 3.59. The van der Waals surface area contributed by atoms with Gasteiger partial charge in [-0.1, -0.05) is 0 Å². The molecule has 1 heterocycles. The summed E-state index contributed by atoms with van der Waals surface area (Å²) < 4.78 is 31.2. The SMILES string of the molecule is CCOc1nc(NC)nc(Sc2ccc(F)c(F)c2)n1. The van der Waals surface area contributed by atoms with Crippen LogP contribution in [0.4, 0.5) is 14.7 Å². The fourth-order valence-corrected chi connectivity index (χ4v) is 2.10. The van der Waals surface area contributed by atoms with E-state index in [9.17, 15) is 8.78 Å². The lowest BCUT2D eigenvalue weighted by Crippen LogP contribution is -2.04. The van der Waals surface area contributed by atoms with Crippen LogP contribution in [0.25, 0.3) is 0 Å². The summed E-state index contributed by atoms with van der Waals surface area (Å²) in [5.41, 5.74) is 0. The second kappa shape index (κ2) is 6.47. The van der Waals surface area contributed by atoms with Crippen LogP contribution in [0.3, 0.4) is 0 Å². The molecule has 2 rings (SSSR count). The van der Waals surface area contributed by atoms with E-state index in [4.69, 9.17) is 4.74 Å². The molecule has 1 aromatic carbocycles. The van der Waals surface area contributed by atoms with Gasteiger partial charge in [0.2, 0.25) is 11.1 Å². The van der Waals surface area contributed by atoms with Gasteiger partial charge in [0, 0.05) is 11.9 Å². The molecule has 0 fully saturated rings. The third-order valence-corrected chi connectivity index (χ3v) is 3.05. The van der Waals surface area contributed by atoms with Gasteiger partial charge in [0.15, 0.2) is 11.6 Å². The van der Waals surface area contributed by atoms with Crippen molar-refractivity contribution in [3.05, 3.63) is 29.8 Å². The summed E-state index contributed by atoms with van der Waals surface area (Å²) >= 11 is 1.09. The quantitative estimate of drug-likeness (QED) is 0.916. The van der Waals surface area contributed by atoms with E-state index in [0.717, 1.165) is 23.9 Å². The lowest BCUT2D eigenvalue weighted by atomic mass is 10.3. The van der Waals surface area contributed by atoms with E-state index in [1.165, 1.54) is 6.07 Å². The summed E-state index contributed by atoms with van der Waals surface area (Å²) in [7, 11) is 1.66. The lowest BCUT2D eigenvalue weighted by molar-refractivity contribution is 0.308. The minimum absolute atomic E-state index is 0.178. The Morgan fingerprint density at radius 3 is 2.65 bits per heavy atom. The average molecular weight is 298 g/mol. The number of nitrogens with one attached hydrogen (secondary N) is 1. The largest absolute Gasteiger partial charge is 0.464 e. The number of benzene rings is 1. The molecule has 0 amide bonds. The smallest absolute Gasteiger partial charge is 0.322 e. The minimum Gasteiger partial charge on any atom is -0.464 e. The van der Waals surface area contributed by atoms with Crippen LogP contribution in [0, 0.1) is 11.6 Å². The summed E-state index contributed by atoms with van der Waals surface area (Å²) in [5.74, 6) is -1.47. The molecular formula is C12H12F2N4OS. The van der Waals surface area contributed by atoms with Crippen LogP contribution >= 0.6 is 11.8 Å². The number of halogens is 2. The van der Waals surface area contributed by atoms with Gasteiger partial charge in [-0.15, -0.1) is 0 Å². The number of aromatic nitrogens is 3. The van der Waals surface area contributed by atoms with Crippen LogP contribution in [0.1, 0.15) is 6.92 Å². The van der Waals surface area contributed by atoms with Gasteiger partial charge in [-0.05, 0) is 36.9 Å². The van der Waals surface area contributed by atoms with Crippen molar-refractivity contribution in [3.8, 4) is 6.01 Å². The Balaban J connectivity index is 2.27. The van der Waals surface area contributed by atoms with Crippen molar-refractivity contribution in [2.24, 2.45) is 0 Å².